The van der Waals surface area contributed by atoms with Gasteiger partial charge in [-0.05, 0) is 32.0 Å². The van der Waals surface area contributed by atoms with Crippen LogP contribution in [0, 0.1) is 17.0 Å². The van der Waals surface area contributed by atoms with Gasteiger partial charge in [0.25, 0.3) is 11.6 Å². The predicted octanol–water partition coefficient (Wildman–Crippen LogP) is 2.86. The summed E-state index contributed by atoms with van der Waals surface area (Å²) >= 11 is 0. The van der Waals surface area contributed by atoms with E-state index in [4.69, 9.17) is 4.42 Å². The third-order valence-corrected chi connectivity index (χ3v) is 3.13. The lowest BCUT2D eigenvalue weighted by Gasteiger charge is -2.13. The molecule has 21 heavy (non-hydrogen) atoms. The minimum Gasteiger partial charge on any atom is -0.469 e. The minimum atomic E-state index is -0.526. The number of nitro groups is 1. The van der Waals surface area contributed by atoms with E-state index in [1.54, 1.807) is 31.4 Å². The van der Waals surface area contributed by atoms with Gasteiger partial charge in [0, 0.05) is 18.0 Å². The van der Waals surface area contributed by atoms with Gasteiger partial charge in [-0.15, -0.1) is 0 Å². The Morgan fingerprint density at radius 2 is 2.14 bits per heavy atom. The second-order valence-corrected chi connectivity index (χ2v) is 4.89. The van der Waals surface area contributed by atoms with E-state index in [9.17, 15) is 14.9 Å². The molecule has 0 aliphatic rings. The summed E-state index contributed by atoms with van der Waals surface area (Å²) in [5.41, 5.74) is 0.387. The number of nitrogens with one attached hydrogen (secondary N) is 1. The number of carbonyl (C=O) groups excluding carboxylic acids is 1. The summed E-state index contributed by atoms with van der Waals surface area (Å²) in [5, 5.41) is 13.9. The maximum atomic E-state index is 12.2. The smallest absolute Gasteiger partial charge is 0.285 e. The predicted molar refractivity (Wildman–Crippen MR) is 77.2 cm³/mol. The molecule has 0 unspecified atom stereocenters. The Labute approximate surface area is 121 Å². The number of benzene rings is 1. The molecule has 1 N–H and O–H groups in total. The summed E-state index contributed by atoms with van der Waals surface area (Å²) in [6.45, 7) is 3.43. The van der Waals surface area contributed by atoms with Crippen molar-refractivity contribution in [3.05, 3.63) is 63.6 Å². The number of carbonyl (C=O) groups is 1. The second-order valence-electron chi connectivity index (χ2n) is 4.89. The van der Waals surface area contributed by atoms with Crippen molar-refractivity contribution in [2.45, 2.75) is 26.3 Å². The number of para-hydroxylation sites is 1. The van der Waals surface area contributed by atoms with Crippen molar-refractivity contribution in [1.82, 2.24) is 5.32 Å². The number of nitro benzene ring substituents is 1. The number of hydrogen-bond acceptors (Lipinski definition) is 4. The molecule has 110 valence electrons. The molecule has 0 saturated carbocycles. The first kappa shape index (κ1) is 14.8. The summed E-state index contributed by atoms with van der Waals surface area (Å²) in [5.74, 6) is 0.297. The molecule has 1 amide bonds. The number of amides is 1. The van der Waals surface area contributed by atoms with E-state index in [1.165, 1.54) is 6.07 Å². The highest BCUT2D eigenvalue weighted by Crippen LogP contribution is 2.23. The topological polar surface area (TPSA) is 85.4 Å². The van der Waals surface area contributed by atoms with Crippen LogP contribution in [0.3, 0.4) is 0 Å². The van der Waals surface area contributed by atoms with Crippen LogP contribution in [0.2, 0.25) is 0 Å². The highest BCUT2D eigenvalue weighted by molar-refractivity contribution is 5.98. The maximum Gasteiger partial charge on any atom is 0.285 e. The van der Waals surface area contributed by atoms with Gasteiger partial charge in [-0.2, -0.15) is 0 Å². The van der Waals surface area contributed by atoms with Crippen molar-refractivity contribution < 1.29 is 14.1 Å². The van der Waals surface area contributed by atoms with Crippen LogP contribution in [-0.2, 0) is 6.42 Å². The molecule has 0 aliphatic carbocycles. The second kappa shape index (κ2) is 6.21. The van der Waals surface area contributed by atoms with Gasteiger partial charge in [0.15, 0.2) is 0 Å². The lowest BCUT2D eigenvalue weighted by Crippen LogP contribution is -2.34. The van der Waals surface area contributed by atoms with Gasteiger partial charge in [-0.25, -0.2) is 0 Å². The number of nitrogens with zero attached hydrogens (tertiary/aromatic N) is 1. The minimum absolute atomic E-state index is 0.0753. The molecule has 1 heterocycles. The average Bonchev–Trinajstić information content (AvgIpc) is 2.90. The first-order chi connectivity index (χ1) is 9.99. The number of aryl methyl sites for hydroxylation is 1. The molecule has 6 heteroatoms. The van der Waals surface area contributed by atoms with E-state index in [2.05, 4.69) is 5.32 Å². The molecule has 0 spiro atoms. The van der Waals surface area contributed by atoms with Gasteiger partial charge < -0.3 is 9.73 Å². The molecule has 6 nitrogen and oxygen atoms in total. The van der Waals surface area contributed by atoms with Crippen molar-refractivity contribution in [1.29, 1.82) is 0 Å². The highest BCUT2D eigenvalue weighted by Gasteiger charge is 2.23. The Bertz CT molecular complexity index is 650. The van der Waals surface area contributed by atoms with E-state index in [-0.39, 0.29) is 17.3 Å². The van der Waals surface area contributed by atoms with Crippen molar-refractivity contribution in [3.8, 4) is 0 Å². The zero-order valence-electron chi connectivity index (χ0n) is 11.8. The number of rotatable bonds is 5. The van der Waals surface area contributed by atoms with Gasteiger partial charge in [0.2, 0.25) is 0 Å². The van der Waals surface area contributed by atoms with Crippen molar-refractivity contribution >= 4 is 11.6 Å². The van der Waals surface area contributed by atoms with Crippen LogP contribution in [0.15, 0.2) is 41.0 Å². The Kier molecular flexibility index (Phi) is 4.37. The third kappa shape index (κ3) is 3.47. The molecule has 0 saturated heterocycles. The lowest BCUT2D eigenvalue weighted by atomic mass is 10.1. The maximum absolute atomic E-state index is 12.2. The zero-order chi connectivity index (χ0) is 15.4. The molecule has 0 aliphatic heterocycles. The summed E-state index contributed by atoms with van der Waals surface area (Å²) < 4.78 is 5.21. The Balaban J connectivity index is 2.13. The quantitative estimate of drug-likeness (QED) is 0.677. The summed E-state index contributed by atoms with van der Waals surface area (Å²) in [7, 11) is 0. The Morgan fingerprint density at radius 3 is 2.76 bits per heavy atom. The van der Waals surface area contributed by atoms with Crippen molar-refractivity contribution in [2.24, 2.45) is 0 Å². The van der Waals surface area contributed by atoms with Crippen LogP contribution < -0.4 is 5.32 Å². The van der Waals surface area contributed by atoms with Crippen LogP contribution in [0.4, 0.5) is 5.69 Å². The molecule has 1 atom stereocenters. The van der Waals surface area contributed by atoms with E-state index < -0.39 is 10.8 Å². The van der Waals surface area contributed by atoms with Crippen LogP contribution >= 0.6 is 0 Å². The summed E-state index contributed by atoms with van der Waals surface area (Å²) in [6, 6.07) is 8.10. The standard InChI is InChI=1S/C15H16N2O4/c1-10-5-3-7-13(14(10)17(19)20)15(18)16-11(2)9-12-6-4-8-21-12/h3-8,11H,9H2,1-2H3,(H,16,18)/t11-/m1/s1. The largest absolute Gasteiger partial charge is 0.469 e. The monoisotopic (exact) mass is 288 g/mol. The van der Waals surface area contributed by atoms with Gasteiger partial charge in [-0.1, -0.05) is 12.1 Å². The van der Waals surface area contributed by atoms with Crippen molar-refractivity contribution in [2.75, 3.05) is 0 Å². The van der Waals surface area contributed by atoms with Crippen LogP contribution in [-0.4, -0.2) is 16.9 Å². The first-order valence-corrected chi connectivity index (χ1v) is 6.56. The van der Waals surface area contributed by atoms with Crippen LogP contribution in [0.5, 0.6) is 0 Å². The fourth-order valence-corrected chi connectivity index (χ4v) is 2.17. The van der Waals surface area contributed by atoms with E-state index in [1.807, 2.05) is 13.0 Å². The number of furan rings is 1. The first-order valence-electron chi connectivity index (χ1n) is 6.56. The SMILES string of the molecule is Cc1cccc(C(=O)N[C@H](C)Cc2ccco2)c1[N+](=O)[O-]. The molecule has 1 aromatic heterocycles. The van der Waals surface area contributed by atoms with Gasteiger partial charge in [0.1, 0.15) is 11.3 Å². The van der Waals surface area contributed by atoms with E-state index in [0.717, 1.165) is 5.76 Å². The molecule has 1 aromatic carbocycles. The fraction of sp³-hybridized carbons (Fsp3) is 0.267. The zero-order valence-corrected chi connectivity index (χ0v) is 11.8. The average molecular weight is 288 g/mol. The molecule has 0 bridgehead atoms. The number of hydrogen-bond donors (Lipinski definition) is 1. The Hall–Kier alpha value is -2.63. The van der Waals surface area contributed by atoms with Crippen molar-refractivity contribution in [3.63, 3.8) is 0 Å². The molecular weight excluding hydrogens is 272 g/mol. The summed E-state index contributed by atoms with van der Waals surface area (Å²) in [4.78, 5) is 22.8. The molecular formula is C15H16N2O4. The Morgan fingerprint density at radius 1 is 1.38 bits per heavy atom. The third-order valence-electron chi connectivity index (χ3n) is 3.13. The lowest BCUT2D eigenvalue weighted by molar-refractivity contribution is -0.385. The fourth-order valence-electron chi connectivity index (χ4n) is 2.17. The van der Waals surface area contributed by atoms with E-state index >= 15 is 0 Å². The normalized spacial score (nSPS) is 11.9. The highest BCUT2D eigenvalue weighted by atomic mass is 16.6. The van der Waals surface area contributed by atoms with Gasteiger partial charge in [-0.3, -0.25) is 14.9 Å². The molecule has 2 aromatic rings. The van der Waals surface area contributed by atoms with E-state index in [0.29, 0.717) is 12.0 Å². The van der Waals surface area contributed by atoms with Gasteiger partial charge >= 0.3 is 0 Å². The van der Waals surface area contributed by atoms with Crippen LogP contribution in [0.25, 0.3) is 0 Å². The molecule has 2 rings (SSSR count). The molecule has 0 fully saturated rings. The molecule has 0 radical (unpaired) electrons. The van der Waals surface area contributed by atoms with Crippen LogP contribution in [0.1, 0.15) is 28.6 Å². The summed E-state index contributed by atoms with van der Waals surface area (Å²) in [6.07, 6.45) is 2.09. The van der Waals surface area contributed by atoms with Gasteiger partial charge in [0.05, 0.1) is 11.2 Å².